The van der Waals surface area contributed by atoms with Gasteiger partial charge in [0.2, 0.25) is 0 Å². The molecule has 1 fully saturated rings. The first-order chi connectivity index (χ1) is 30.7. The second-order valence-corrected chi connectivity index (χ2v) is 17.9. The molecule has 1 aliphatic heterocycles. The first-order valence-electron chi connectivity index (χ1n) is 25.8. The van der Waals surface area contributed by atoms with E-state index >= 15 is 0 Å². The molecule has 63 heavy (non-hydrogen) atoms. The predicted molar refractivity (Wildman–Crippen MR) is 261 cm³/mol. The monoisotopic (exact) mass is 886 g/mol. The van der Waals surface area contributed by atoms with E-state index in [1.165, 1.54) is 38.5 Å². The summed E-state index contributed by atoms with van der Waals surface area (Å²) in [5.74, 6) is -0.496. The van der Waals surface area contributed by atoms with Crippen LogP contribution in [0.3, 0.4) is 0 Å². The molecule has 0 saturated carbocycles. The van der Waals surface area contributed by atoms with Crippen LogP contribution in [0, 0.1) is 5.41 Å². The summed E-state index contributed by atoms with van der Waals surface area (Å²) < 4.78 is 29.4. The fourth-order valence-corrected chi connectivity index (χ4v) is 7.64. The molecule has 2 unspecified atom stereocenters. The minimum Gasteiger partial charge on any atom is -0.466 e. The summed E-state index contributed by atoms with van der Waals surface area (Å²) in [6.45, 7) is 12.1. The summed E-state index contributed by atoms with van der Waals surface area (Å²) in [5.41, 5.74) is -0.497. The number of esters is 3. The molecular weight excluding hydrogens is 791 g/mol. The van der Waals surface area contributed by atoms with Gasteiger partial charge >= 0.3 is 17.9 Å². The number of nitrogens with zero attached hydrogens (tertiary/aromatic N) is 1. The molecule has 1 rings (SSSR count). The number of hydrogen-bond donors (Lipinski definition) is 0. The zero-order valence-corrected chi connectivity index (χ0v) is 41.2. The van der Waals surface area contributed by atoms with Gasteiger partial charge in [0, 0.05) is 32.6 Å². The van der Waals surface area contributed by atoms with E-state index in [4.69, 9.17) is 23.7 Å². The van der Waals surface area contributed by atoms with Crippen molar-refractivity contribution in [2.24, 2.45) is 5.41 Å². The minimum atomic E-state index is -0.497. The van der Waals surface area contributed by atoms with Crippen LogP contribution in [-0.4, -0.2) is 81.8 Å². The van der Waals surface area contributed by atoms with E-state index in [0.29, 0.717) is 65.1 Å². The standard InChI is InChI=1S/C54H95NO8/c1-6-9-12-15-18-19-20-21-22-23-24-25-26-27-30-39-50(56)59-44-35-31-37-49(63-53(58)54(4)42-43-55(5)48-54)38-32-36-45-60-51(57)40-41-52(61-46-33-28-16-13-10-7-2)62-47-34-29-17-14-11-8-3/h10-11,13-14,18-19,21-22,49,52H,6-9,12,15-17,20,23-48H2,1-5H3/b13-10-,14-11-,19-18-,22-21-. The Morgan fingerprint density at radius 3 is 1.59 bits per heavy atom. The third kappa shape index (κ3) is 35.2. The zero-order chi connectivity index (χ0) is 45.9. The Hall–Kier alpha value is -2.75. The molecule has 0 aromatic rings. The van der Waals surface area contributed by atoms with Gasteiger partial charge in [-0.3, -0.25) is 14.4 Å². The highest BCUT2D eigenvalue weighted by molar-refractivity contribution is 5.77. The zero-order valence-electron chi connectivity index (χ0n) is 41.2. The lowest BCUT2D eigenvalue weighted by Gasteiger charge is -2.26. The van der Waals surface area contributed by atoms with Gasteiger partial charge in [-0.15, -0.1) is 0 Å². The molecular formula is C54H95NO8. The van der Waals surface area contributed by atoms with Crippen LogP contribution in [0.15, 0.2) is 48.6 Å². The highest BCUT2D eigenvalue weighted by Crippen LogP contribution is 2.32. The van der Waals surface area contributed by atoms with Crippen LogP contribution in [0.5, 0.6) is 0 Å². The van der Waals surface area contributed by atoms with E-state index in [-0.39, 0.29) is 30.4 Å². The van der Waals surface area contributed by atoms with Gasteiger partial charge in [-0.2, -0.15) is 0 Å². The molecule has 364 valence electrons. The van der Waals surface area contributed by atoms with Crippen molar-refractivity contribution in [2.45, 2.75) is 226 Å². The Bertz CT molecular complexity index is 1210. The van der Waals surface area contributed by atoms with Crippen LogP contribution < -0.4 is 0 Å². The number of rotatable bonds is 43. The average Bonchev–Trinajstić information content (AvgIpc) is 3.64. The number of likely N-dealkylation sites (tertiary alicyclic amines) is 1. The Balaban J connectivity index is 2.38. The van der Waals surface area contributed by atoms with Gasteiger partial charge in [0.25, 0.3) is 0 Å². The SMILES string of the molecule is CC/C=C\CCCCOC(CCC(=O)OCCCCC(CCCCOC(=O)CCCCCCC/C=C\C/C=C\CCCCC)OC(=O)C1(C)CCN(C)C1)OCCCC/C=C\CC. The number of carbonyl (C=O) groups is 3. The Kier molecular flexibility index (Phi) is 38.8. The van der Waals surface area contributed by atoms with Crippen LogP contribution in [-0.2, 0) is 38.1 Å². The van der Waals surface area contributed by atoms with Crippen LogP contribution in [0.1, 0.15) is 214 Å². The molecule has 1 saturated heterocycles. The summed E-state index contributed by atoms with van der Waals surface area (Å²) in [6, 6.07) is 0. The highest BCUT2D eigenvalue weighted by atomic mass is 16.7. The van der Waals surface area contributed by atoms with Gasteiger partial charge in [0.1, 0.15) is 6.10 Å². The maximum absolute atomic E-state index is 13.3. The van der Waals surface area contributed by atoms with Crippen molar-refractivity contribution in [3.8, 4) is 0 Å². The second kappa shape index (κ2) is 41.9. The average molecular weight is 886 g/mol. The number of ether oxygens (including phenoxy) is 5. The third-order valence-corrected chi connectivity index (χ3v) is 11.7. The normalized spacial score (nSPS) is 16.4. The van der Waals surface area contributed by atoms with E-state index in [2.05, 4.69) is 74.3 Å². The van der Waals surface area contributed by atoms with Crippen molar-refractivity contribution >= 4 is 17.9 Å². The molecule has 0 aromatic carbocycles. The molecule has 0 aromatic heterocycles. The molecule has 9 nitrogen and oxygen atoms in total. The molecule has 0 spiro atoms. The summed E-state index contributed by atoms with van der Waals surface area (Å²) in [7, 11) is 2.04. The van der Waals surface area contributed by atoms with Crippen molar-refractivity contribution in [1.29, 1.82) is 0 Å². The molecule has 2 atom stereocenters. The van der Waals surface area contributed by atoms with Gasteiger partial charge in [-0.05, 0) is 155 Å². The molecule has 0 aliphatic carbocycles. The minimum absolute atomic E-state index is 0.121. The number of unbranched alkanes of at least 4 members (excludes halogenated alkanes) is 14. The van der Waals surface area contributed by atoms with Gasteiger partial charge < -0.3 is 28.6 Å². The second-order valence-electron chi connectivity index (χ2n) is 17.9. The number of hydrogen-bond acceptors (Lipinski definition) is 9. The highest BCUT2D eigenvalue weighted by Gasteiger charge is 2.41. The molecule has 0 N–H and O–H groups in total. The van der Waals surface area contributed by atoms with Gasteiger partial charge in [0.05, 0.1) is 25.0 Å². The van der Waals surface area contributed by atoms with Crippen LogP contribution in [0.25, 0.3) is 0 Å². The summed E-state index contributed by atoms with van der Waals surface area (Å²) in [4.78, 5) is 40.6. The number of allylic oxidation sites excluding steroid dienone is 8. The Morgan fingerprint density at radius 1 is 0.556 bits per heavy atom. The van der Waals surface area contributed by atoms with Crippen LogP contribution in [0.4, 0.5) is 0 Å². The van der Waals surface area contributed by atoms with E-state index in [9.17, 15) is 14.4 Å². The number of carbonyl (C=O) groups excluding carboxylic acids is 3. The lowest BCUT2D eigenvalue weighted by molar-refractivity contribution is -0.160. The van der Waals surface area contributed by atoms with E-state index in [0.717, 1.165) is 116 Å². The molecule has 1 heterocycles. The maximum atomic E-state index is 13.3. The van der Waals surface area contributed by atoms with E-state index in [1.54, 1.807) is 0 Å². The van der Waals surface area contributed by atoms with Crippen molar-refractivity contribution in [1.82, 2.24) is 4.90 Å². The topological polar surface area (TPSA) is 101 Å². The third-order valence-electron chi connectivity index (χ3n) is 11.7. The van der Waals surface area contributed by atoms with Gasteiger partial charge in [-0.25, -0.2) is 0 Å². The van der Waals surface area contributed by atoms with Crippen molar-refractivity contribution in [3.63, 3.8) is 0 Å². The Morgan fingerprint density at radius 2 is 1.05 bits per heavy atom. The largest absolute Gasteiger partial charge is 0.466 e. The van der Waals surface area contributed by atoms with Crippen molar-refractivity contribution < 1.29 is 38.1 Å². The fourth-order valence-electron chi connectivity index (χ4n) is 7.64. The molecule has 9 heteroatoms. The predicted octanol–water partition coefficient (Wildman–Crippen LogP) is 13.9. The summed E-state index contributed by atoms with van der Waals surface area (Å²) in [6.07, 6.45) is 44.8. The van der Waals surface area contributed by atoms with Crippen molar-refractivity contribution in [3.05, 3.63) is 48.6 Å². The van der Waals surface area contributed by atoms with Gasteiger partial charge in [0.15, 0.2) is 6.29 Å². The smallest absolute Gasteiger partial charge is 0.313 e. The molecule has 0 radical (unpaired) electrons. The molecule has 0 bridgehead atoms. The van der Waals surface area contributed by atoms with E-state index < -0.39 is 11.7 Å². The fraction of sp³-hybridized carbons (Fsp3) is 0.796. The van der Waals surface area contributed by atoms with Crippen LogP contribution >= 0.6 is 0 Å². The molecule has 0 amide bonds. The van der Waals surface area contributed by atoms with E-state index in [1.807, 2.05) is 14.0 Å². The first-order valence-corrected chi connectivity index (χ1v) is 25.8. The first kappa shape index (κ1) is 58.3. The summed E-state index contributed by atoms with van der Waals surface area (Å²) >= 11 is 0. The lowest BCUT2D eigenvalue weighted by atomic mass is 9.90. The van der Waals surface area contributed by atoms with Crippen LogP contribution in [0.2, 0.25) is 0 Å². The molecule has 1 aliphatic rings. The summed E-state index contributed by atoms with van der Waals surface area (Å²) in [5, 5.41) is 0. The van der Waals surface area contributed by atoms with Gasteiger partial charge in [-0.1, -0.05) is 101 Å². The quantitative estimate of drug-likeness (QED) is 0.0195. The van der Waals surface area contributed by atoms with Crippen molar-refractivity contribution in [2.75, 3.05) is 46.6 Å². The Labute approximate surface area is 386 Å². The maximum Gasteiger partial charge on any atom is 0.313 e. The lowest BCUT2D eigenvalue weighted by Crippen LogP contribution is -2.35.